The number of carbonyl (C=O) groups excluding carboxylic acids is 1. The minimum Gasteiger partial charge on any atom is -0.493 e. The van der Waals surface area contributed by atoms with Crippen molar-refractivity contribution in [2.75, 3.05) is 32.6 Å². The minimum atomic E-state index is 0.0481. The van der Waals surface area contributed by atoms with Crippen LogP contribution in [0.1, 0.15) is 23.1 Å². The van der Waals surface area contributed by atoms with E-state index in [1.165, 1.54) is 16.7 Å². The van der Waals surface area contributed by atoms with E-state index in [0.717, 1.165) is 43.2 Å². The molecule has 0 fully saturated rings. The lowest BCUT2D eigenvalue weighted by molar-refractivity contribution is -0.116. The molecule has 0 aliphatic carbocycles. The van der Waals surface area contributed by atoms with Crippen LogP contribution in [-0.2, 0) is 17.8 Å². The van der Waals surface area contributed by atoms with Gasteiger partial charge in [-0.25, -0.2) is 0 Å². The molecule has 0 saturated heterocycles. The van der Waals surface area contributed by atoms with Crippen LogP contribution in [0.4, 0.5) is 5.69 Å². The predicted octanol–water partition coefficient (Wildman–Crippen LogP) is 3.40. The molecule has 2 aromatic carbocycles. The van der Waals surface area contributed by atoms with E-state index in [1.54, 1.807) is 14.2 Å². The maximum atomic E-state index is 12.2. The Morgan fingerprint density at radius 2 is 1.73 bits per heavy atom. The molecule has 0 spiro atoms. The van der Waals surface area contributed by atoms with Crippen molar-refractivity contribution in [2.24, 2.45) is 0 Å². The van der Waals surface area contributed by atoms with E-state index in [4.69, 9.17) is 9.47 Å². The van der Waals surface area contributed by atoms with Crippen LogP contribution in [0.3, 0.4) is 0 Å². The van der Waals surface area contributed by atoms with Crippen LogP contribution < -0.4 is 14.8 Å². The number of methoxy groups -OCH3 is 2. The number of nitrogens with one attached hydrogen (secondary N) is 1. The zero-order valence-corrected chi connectivity index (χ0v) is 15.7. The Kier molecular flexibility index (Phi) is 5.78. The minimum absolute atomic E-state index is 0.0481. The first-order valence-electron chi connectivity index (χ1n) is 8.91. The highest BCUT2D eigenvalue weighted by molar-refractivity contribution is 5.90. The number of ether oxygens (including phenoxy) is 2. The fourth-order valence-corrected chi connectivity index (χ4v) is 3.25. The highest BCUT2D eigenvalue weighted by Gasteiger charge is 2.19. The van der Waals surface area contributed by atoms with Crippen LogP contribution in [0.15, 0.2) is 36.4 Å². The standard InChI is InChI=1S/C21H26N2O3/c1-15-4-6-18(7-5-15)22-21(24)9-11-23-10-8-16-12-19(25-2)20(26-3)13-17(16)14-23/h4-7,12-13H,8-11,14H2,1-3H3,(H,22,24). The Labute approximate surface area is 154 Å². The Morgan fingerprint density at radius 3 is 2.38 bits per heavy atom. The third-order valence-electron chi connectivity index (χ3n) is 4.79. The summed E-state index contributed by atoms with van der Waals surface area (Å²) >= 11 is 0. The molecule has 5 nitrogen and oxygen atoms in total. The van der Waals surface area contributed by atoms with Crippen molar-refractivity contribution in [3.63, 3.8) is 0 Å². The lowest BCUT2D eigenvalue weighted by Crippen LogP contribution is -2.33. The molecule has 3 rings (SSSR count). The number of benzene rings is 2. The molecule has 0 radical (unpaired) electrons. The fraction of sp³-hybridized carbons (Fsp3) is 0.381. The molecule has 1 amide bonds. The normalized spacial score (nSPS) is 13.8. The lowest BCUT2D eigenvalue weighted by atomic mass is 9.98. The molecule has 0 saturated carbocycles. The van der Waals surface area contributed by atoms with Gasteiger partial charge in [-0.3, -0.25) is 9.69 Å². The number of nitrogens with zero attached hydrogens (tertiary/aromatic N) is 1. The summed E-state index contributed by atoms with van der Waals surface area (Å²) in [7, 11) is 3.31. The quantitative estimate of drug-likeness (QED) is 0.864. The SMILES string of the molecule is COc1cc2c(cc1OC)CN(CCC(=O)Nc1ccc(C)cc1)CC2. The molecule has 1 aliphatic rings. The summed E-state index contributed by atoms with van der Waals surface area (Å²) < 4.78 is 10.8. The van der Waals surface area contributed by atoms with Crippen molar-refractivity contribution in [3.05, 3.63) is 53.1 Å². The topological polar surface area (TPSA) is 50.8 Å². The molecular formula is C21H26N2O3. The molecule has 0 atom stereocenters. The fourth-order valence-electron chi connectivity index (χ4n) is 3.25. The zero-order valence-electron chi connectivity index (χ0n) is 15.7. The Hall–Kier alpha value is -2.53. The largest absolute Gasteiger partial charge is 0.493 e. The van der Waals surface area contributed by atoms with Crippen molar-refractivity contribution < 1.29 is 14.3 Å². The van der Waals surface area contributed by atoms with Crippen LogP contribution in [0.5, 0.6) is 11.5 Å². The van der Waals surface area contributed by atoms with E-state index >= 15 is 0 Å². The maximum Gasteiger partial charge on any atom is 0.225 e. The molecule has 138 valence electrons. The molecule has 0 unspecified atom stereocenters. The molecule has 0 aromatic heterocycles. The zero-order chi connectivity index (χ0) is 18.5. The second kappa shape index (κ2) is 8.23. The van der Waals surface area contributed by atoms with Gasteiger partial charge in [0.05, 0.1) is 14.2 Å². The van der Waals surface area contributed by atoms with Gasteiger partial charge in [-0.2, -0.15) is 0 Å². The third-order valence-corrected chi connectivity index (χ3v) is 4.79. The molecule has 2 aromatic rings. The molecule has 1 aliphatic heterocycles. The van der Waals surface area contributed by atoms with Crippen LogP contribution in [0.25, 0.3) is 0 Å². The van der Waals surface area contributed by atoms with Gasteiger partial charge in [0.15, 0.2) is 11.5 Å². The van der Waals surface area contributed by atoms with Gasteiger partial charge in [0.25, 0.3) is 0 Å². The number of carbonyl (C=O) groups is 1. The van der Waals surface area contributed by atoms with Gasteiger partial charge < -0.3 is 14.8 Å². The maximum absolute atomic E-state index is 12.2. The van der Waals surface area contributed by atoms with Gasteiger partial charge in [-0.1, -0.05) is 17.7 Å². The Bertz CT molecular complexity index is 772. The highest BCUT2D eigenvalue weighted by Crippen LogP contribution is 2.33. The highest BCUT2D eigenvalue weighted by atomic mass is 16.5. The first kappa shape index (κ1) is 18.3. The molecular weight excluding hydrogens is 328 g/mol. The predicted molar refractivity (Wildman–Crippen MR) is 103 cm³/mol. The van der Waals surface area contributed by atoms with Gasteiger partial charge in [0.1, 0.15) is 0 Å². The number of rotatable bonds is 6. The molecule has 5 heteroatoms. The average Bonchev–Trinajstić information content (AvgIpc) is 2.66. The van der Waals surface area contributed by atoms with Crippen molar-refractivity contribution in [1.82, 2.24) is 4.90 Å². The van der Waals surface area contributed by atoms with Crippen molar-refractivity contribution in [3.8, 4) is 11.5 Å². The molecule has 0 bridgehead atoms. The van der Waals surface area contributed by atoms with Gasteiger partial charge in [0, 0.05) is 31.7 Å². The monoisotopic (exact) mass is 354 g/mol. The van der Waals surface area contributed by atoms with Crippen molar-refractivity contribution in [1.29, 1.82) is 0 Å². The van der Waals surface area contributed by atoms with Gasteiger partial charge in [0.2, 0.25) is 5.91 Å². The van der Waals surface area contributed by atoms with Crippen LogP contribution in [0.2, 0.25) is 0 Å². The summed E-state index contributed by atoms with van der Waals surface area (Å²) in [6, 6.07) is 12.0. The van der Waals surface area contributed by atoms with Gasteiger partial charge >= 0.3 is 0 Å². The number of aryl methyl sites for hydroxylation is 1. The van der Waals surface area contributed by atoms with E-state index in [-0.39, 0.29) is 5.91 Å². The first-order chi connectivity index (χ1) is 12.6. The second-order valence-electron chi connectivity index (χ2n) is 6.67. The number of anilines is 1. The number of hydrogen-bond acceptors (Lipinski definition) is 4. The summed E-state index contributed by atoms with van der Waals surface area (Å²) in [6.07, 6.45) is 1.44. The van der Waals surface area contributed by atoms with Crippen LogP contribution in [0, 0.1) is 6.92 Å². The summed E-state index contributed by atoms with van der Waals surface area (Å²) in [5.41, 5.74) is 4.57. The summed E-state index contributed by atoms with van der Waals surface area (Å²) in [5, 5.41) is 2.96. The van der Waals surface area contributed by atoms with E-state index in [9.17, 15) is 4.79 Å². The smallest absolute Gasteiger partial charge is 0.225 e. The second-order valence-corrected chi connectivity index (χ2v) is 6.67. The number of amides is 1. The third kappa shape index (κ3) is 4.35. The summed E-state index contributed by atoms with van der Waals surface area (Å²) in [6.45, 7) is 4.55. The van der Waals surface area contributed by atoms with Crippen LogP contribution >= 0.6 is 0 Å². The summed E-state index contributed by atoms with van der Waals surface area (Å²) in [5.74, 6) is 1.58. The number of fused-ring (bicyclic) bond motifs is 1. The molecule has 26 heavy (non-hydrogen) atoms. The Balaban J connectivity index is 1.55. The van der Waals surface area contributed by atoms with Crippen LogP contribution in [-0.4, -0.2) is 38.1 Å². The first-order valence-corrected chi connectivity index (χ1v) is 8.91. The van der Waals surface area contributed by atoms with Gasteiger partial charge in [-0.05, 0) is 48.7 Å². The van der Waals surface area contributed by atoms with E-state index in [1.807, 2.05) is 37.3 Å². The van der Waals surface area contributed by atoms with Crippen molar-refractivity contribution in [2.45, 2.75) is 26.3 Å². The Morgan fingerprint density at radius 1 is 1.08 bits per heavy atom. The summed E-state index contributed by atoms with van der Waals surface area (Å²) in [4.78, 5) is 14.5. The van der Waals surface area contributed by atoms with E-state index in [0.29, 0.717) is 6.42 Å². The molecule has 1 N–H and O–H groups in total. The lowest BCUT2D eigenvalue weighted by Gasteiger charge is -2.29. The van der Waals surface area contributed by atoms with Crippen molar-refractivity contribution >= 4 is 11.6 Å². The average molecular weight is 354 g/mol. The van der Waals surface area contributed by atoms with Gasteiger partial charge in [-0.15, -0.1) is 0 Å². The van der Waals surface area contributed by atoms with E-state index in [2.05, 4.69) is 16.3 Å². The number of hydrogen-bond donors (Lipinski definition) is 1. The molecule has 1 heterocycles. The van der Waals surface area contributed by atoms with E-state index < -0.39 is 0 Å².